The van der Waals surface area contributed by atoms with E-state index in [-0.39, 0.29) is 16.8 Å². The van der Waals surface area contributed by atoms with Crippen LogP contribution in [-0.2, 0) is 4.79 Å². The van der Waals surface area contributed by atoms with E-state index < -0.39 is 0 Å². The molecule has 0 saturated heterocycles. The van der Waals surface area contributed by atoms with Crippen molar-refractivity contribution in [2.45, 2.75) is 33.6 Å². The van der Waals surface area contributed by atoms with Crippen LogP contribution in [0.2, 0.25) is 0 Å². The Labute approximate surface area is 114 Å². The van der Waals surface area contributed by atoms with Gasteiger partial charge in [0, 0.05) is 5.57 Å². The Morgan fingerprint density at radius 2 is 1.89 bits per heavy atom. The average Bonchev–Trinajstić information content (AvgIpc) is 2.72. The van der Waals surface area contributed by atoms with E-state index in [2.05, 4.69) is 26.8 Å². The molecule has 1 fully saturated rings. The summed E-state index contributed by atoms with van der Waals surface area (Å²) >= 11 is 0. The minimum Gasteiger partial charge on any atom is -0.423 e. The minimum atomic E-state index is -0.173. The number of hydrogen-bond donors (Lipinski definition) is 0. The number of rotatable bonds is 2. The molecule has 0 N–H and O–H groups in total. The first-order valence-corrected chi connectivity index (χ1v) is 6.94. The first kappa shape index (κ1) is 12.5. The van der Waals surface area contributed by atoms with Crippen LogP contribution < -0.4 is 4.74 Å². The number of benzene rings is 1. The molecule has 3 rings (SSSR count). The topological polar surface area (TPSA) is 26.3 Å². The number of allylic oxidation sites excluding steroid dienone is 1. The lowest BCUT2D eigenvalue weighted by atomic mass is 9.70. The highest BCUT2D eigenvalue weighted by Gasteiger charge is 2.57. The van der Waals surface area contributed by atoms with Gasteiger partial charge in [-0.05, 0) is 41.7 Å². The summed E-state index contributed by atoms with van der Waals surface area (Å²) in [5, 5.41) is 0. The molecule has 2 heteroatoms. The number of para-hydroxylation sites is 1. The maximum atomic E-state index is 12.3. The zero-order valence-corrected chi connectivity index (χ0v) is 11.8. The zero-order valence-electron chi connectivity index (χ0n) is 11.8. The largest absolute Gasteiger partial charge is 0.423 e. The molecule has 0 heterocycles. The number of hydrogen-bond acceptors (Lipinski definition) is 2. The summed E-state index contributed by atoms with van der Waals surface area (Å²) in [5.74, 6) is 0.792. The van der Waals surface area contributed by atoms with Crippen molar-refractivity contribution in [3.05, 3.63) is 42.0 Å². The third kappa shape index (κ3) is 1.73. The molecule has 2 aliphatic rings. The molecular weight excluding hydrogens is 236 g/mol. The van der Waals surface area contributed by atoms with Gasteiger partial charge in [-0.15, -0.1) is 0 Å². The fourth-order valence-electron chi connectivity index (χ4n) is 3.63. The van der Waals surface area contributed by atoms with Crippen LogP contribution in [0.25, 0.3) is 0 Å². The van der Waals surface area contributed by atoms with E-state index in [1.165, 1.54) is 6.42 Å². The van der Waals surface area contributed by atoms with Crippen LogP contribution in [0.5, 0.6) is 5.75 Å². The molecule has 1 aromatic carbocycles. The molecule has 0 aliphatic heterocycles. The van der Waals surface area contributed by atoms with Crippen molar-refractivity contribution in [3.8, 4) is 5.75 Å². The van der Waals surface area contributed by atoms with Gasteiger partial charge in [0.05, 0.1) is 0 Å². The second-order valence-electron chi connectivity index (χ2n) is 6.53. The Morgan fingerprint density at radius 3 is 2.42 bits per heavy atom. The molecule has 100 valence electrons. The second kappa shape index (κ2) is 3.96. The lowest BCUT2D eigenvalue weighted by Gasteiger charge is -2.33. The Kier molecular flexibility index (Phi) is 2.60. The van der Waals surface area contributed by atoms with Crippen LogP contribution in [0.3, 0.4) is 0 Å². The third-order valence-corrected chi connectivity index (χ3v) is 5.33. The van der Waals surface area contributed by atoms with E-state index in [1.54, 1.807) is 0 Å². The molecular formula is C17H20O2. The van der Waals surface area contributed by atoms with Crippen molar-refractivity contribution < 1.29 is 9.53 Å². The van der Waals surface area contributed by atoms with Gasteiger partial charge in [-0.1, -0.05) is 45.0 Å². The molecule has 2 nitrogen and oxygen atoms in total. The molecule has 0 spiro atoms. The zero-order chi connectivity index (χ0) is 13.7. The fraction of sp³-hybridized carbons (Fsp3) is 0.471. The van der Waals surface area contributed by atoms with Crippen molar-refractivity contribution in [1.82, 2.24) is 0 Å². The van der Waals surface area contributed by atoms with E-state index in [0.29, 0.717) is 11.7 Å². The maximum absolute atomic E-state index is 12.3. The minimum absolute atomic E-state index is 0.142. The van der Waals surface area contributed by atoms with Gasteiger partial charge in [0.15, 0.2) is 0 Å². The van der Waals surface area contributed by atoms with Crippen molar-refractivity contribution in [1.29, 1.82) is 0 Å². The van der Waals surface area contributed by atoms with Gasteiger partial charge in [-0.25, -0.2) is 4.79 Å². The van der Waals surface area contributed by atoms with Crippen LogP contribution in [0.15, 0.2) is 42.0 Å². The summed E-state index contributed by atoms with van der Waals surface area (Å²) in [6, 6.07) is 9.31. The predicted molar refractivity (Wildman–Crippen MR) is 74.8 cm³/mol. The van der Waals surface area contributed by atoms with Crippen molar-refractivity contribution in [2.75, 3.05) is 0 Å². The Balaban J connectivity index is 1.84. The van der Waals surface area contributed by atoms with E-state index >= 15 is 0 Å². The molecule has 2 atom stereocenters. The first-order chi connectivity index (χ1) is 8.94. The molecule has 1 saturated carbocycles. The molecule has 1 aromatic rings. The SMILES string of the molecule is CC1(C)[C@@H]2CC[C@@]1(C)C=C2C(=O)Oc1ccccc1. The Bertz CT molecular complexity index is 542. The standard InChI is InChI=1S/C17H20O2/c1-16(2)14-9-10-17(16,3)11-13(14)15(18)19-12-7-5-4-6-8-12/h4-8,11,14H,9-10H2,1-3H3/t14-,17+/m1/s1. The quantitative estimate of drug-likeness (QED) is 0.591. The number of carbonyl (C=O) groups excluding carboxylic acids is 1. The molecule has 0 unspecified atom stereocenters. The molecule has 19 heavy (non-hydrogen) atoms. The van der Waals surface area contributed by atoms with Crippen LogP contribution >= 0.6 is 0 Å². The number of carbonyl (C=O) groups is 1. The summed E-state index contributed by atoms with van der Waals surface area (Å²) in [5.41, 5.74) is 1.18. The molecule has 2 bridgehead atoms. The smallest absolute Gasteiger partial charge is 0.339 e. The van der Waals surface area contributed by atoms with E-state index in [4.69, 9.17) is 4.74 Å². The molecule has 2 aliphatic carbocycles. The van der Waals surface area contributed by atoms with Gasteiger partial charge < -0.3 is 4.74 Å². The first-order valence-electron chi connectivity index (χ1n) is 6.94. The summed E-state index contributed by atoms with van der Waals surface area (Å²) in [6.45, 7) is 6.80. The summed E-state index contributed by atoms with van der Waals surface area (Å²) in [6.07, 6.45) is 4.43. The number of fused-ring (bicyclic) bond motifs is 2. The van der Waals surface area contributed by atoms with Gasteiger partial charge in [-0.3, -0.25) is 0 Å². The van der Waals surface area contributed by atoms with Gasteiger partial charge >= 0.3 is 5.97 Å². The van der Waals surface area contributed by atoms with Gasteiger partial charge in [0.25, 0.3) is 0 Å². The highest BCUT2D eigenvalue weighted by Crippen LogP contribution is 2.64. The van der Waals surface area contributed by atoms with E-state index in [0.717, 1.165) is 12.0 Å². The normalized spacial score (nSPS) is 31.1. The lowest BCUT2D eigenvalue weighted by molar-refractivity contribution is -0.130. The van der Waals surface area contributed by atoms with Gasteiger partial charge in [0.1, 0.15) is 5.75 Å². The second-order valence-corrected chi connectivity index (χ2v) is 6.53. The van der Waals surface area contributed by atoms with Crippen LogP contribution in [0.1, 0.15) is 33.6 Å². The Hall–Kier alpha value is -1.57. The van der Waals surface area contributed by atoms with Crippen LogP contribution in [-0.4, -0.2) is 5.97 Å². The third-order valence-electron chi connectivity index (χ3n) is 5.33. The van der Waals surface area contributed by atoms with Gasteiger partial charge in [-0.2, -0.15) is 0 Å². The van der Waals surface area contributed by atoms with Crippen molar-refractivity contribution in [2.24, 2.45) is 16.7 Å². The van der Waals surface area contributed by atoms with E-state index in [9.17, 15) is 4.79 Å². The molecule has 0 aromatic heterocycles. The van der Waals surface area contributed by atoms with E-state index in [1.807, 2.05) is 30.3 Å². The molecule has 0 amide bonds. The van der Waals surface area contributed by atoms with Crippen LogP contribution in [0, 0.1) is 16.7 Å². The number of ether oxygens (including phenoxy) is 1. The highest BCUT2D eigenvalue weighted by molar-refractivity contribution is 5.92. The van der Waals surface area contributed by atoms with Gasteiger partial charge in [0.2, 0.25) is 0 Å². The summed E-state index contributed by atoms with van der Waals surface area (Å²) in [4.78, 5) is 12.3. The fourth-order valence-corrected chi connectivity index (χ4v) is 3.63. The predicted octanol–water partition coefficient (Wildman–Crippen LogP) is 3.97. The highest BCUT2D eigenvalue weighted by atomic mass is 16.5. The number of esters is 1. The summed E-state index contributed by atoms with van der Waals surface area (Å²) in [7, 11) is 0. The Morgan fingerprint density at radius 1 is 1.21 bits per heavy atom. The monoisotopic (exact) mass is 256 g/mol. The molecule has 0 radical (unpaired) electrons. The summed E-state index contributed by atoms with van der Waals surface area (Å²) < 4.78 is 5.48. The average molecular weight is 256 g/mol. The lowest BCUT2D eigenvalue weighted by Crippen LogP contribution is -2.28. The van der Waals surface area contributed by atoms with Crippen molar-refractivity contribution >= 4 is 5.97 Å². The van der Waals surface area contributed by atoms with Crippen molar-refractivity contribution in [3.63, 3.8) is 0 Å². The maximum Gasteiger partial charge on any atom is 0.339 e. The van der Waals surface area contributed by atoms with Crippen LogP contribution in [0.4, 0.5) is 0 Å².